The van der Waals surface area contributed by atoms with Crippen molar-refractivity contribution in [3.8, 4) is 5.75 Å². The Morgan fingerprint density at radius 2 is 2.00 bits per heavy atom. The molecule has 1 aromatic rings. The molecule has 1 amide bonds. The van der Waals surface area contributed by atoms with Crippen LogP contribution in [0.25, 0.3) is 0 Å². The van der Waals surface area contributed by atoms with Crippen molar-refractivity contribution < 1.29 is 19.6 Å². The minimum atomic E-state index is -0.936. The monoisotopic (exact) mass is 296 g/mol. The highest BCUT2D eigenvalue weighted by Gasteiger charge is 2.23. The maximum Gasteiger partial charge on any atom is 0.310 e. The zero-order valence-electron chi connectivity index (χ0n) is 12.2. The molecular formula is C14H20N2O5. The van der Waals surface area contributed by atoms with Crippen LogP contribution in [0.1, 0.15) is 26.7 Å². The SMILES string of the molecule is CCC(O)(CC)CNC(=O)COc1ccccc1[N+](=O)[O-]. The van der Waals surface area contributed by atoms with E-state index in [1.54, 1.807) is 6.07 Å². The number of benzene rings is 1. The highest BCUT2D eigenvalue weighted by Crippen LogP contribution is 2.25. The van der Waals surface area contributed by atoms with Crippen LogP contribution in [0.5, 0.6) is 5.75 Å². The van der Waals surface area contributed by atoms with Gasteiger partial charge >= 0.3 is 5.69 Å². The molecular weight excluding hydrogens is 276 g/mol. The topological polar surface area (TPSA) is 102 Å². The molecule has 1 rings (SSSR count). The number of nitro groups is 1. The van der Waals surface area contributed by atoms with Crippen LogP contribution in [0.15, 0.2) is 24.3 Å². The Bertz CT molecular complexity index is 500. The Labute approximate surface area is 123 Å². The second-order valence-electron chi connectivity index (χ2n) is 4.72. The van der Waals surface area contributed by atoms with E-state index >= 15 is 0 Å². The zero-order valence-corrected chi connectivity index (χ0v) is 12.2. The molecule has 0 aromatic heterocycles. The molecule has 0 atom stereocenters. The zero-order chi connectivity index (χ0) is 15.9. The number of hydrogen-bond donors (Lipinski definition) is 2. The van der Waals surface area contributed by atoms with E-state index in [0.717, 1.165) is 0 Å². The number of carbonyl (C=O) groups is 1. The summed E-state index contributed by atoms with van der Waals surface area (Å²) in [5.41, 5.74) is -1.13. The number of amides is 1. The molecule has 0 aliphatic heterocycles. The van der Waals surface area contributed by atoms with E-state index in [1.165, 1.54) is 18.2 Å². The van der Waals surface area contributed by atoms with Gasteiger partial charge in [0.2, 0.25) is 0 Å². The Morgan fingerprint density at radius 1 is 1.38 bits per heavy atom. The summed E-state index contributed by atoms with van der Waals surface area (Å²) >= 11 is 0. The van der Waals surface area contributed by atoms with Crippen LogP contribution in [0, 0.1) is 10.1 Å². The lowest BCUT2D eigenvalue weighted by atomic mass is 9.98. The van der Waals surface area contributed by atoms with E-state index in [9.17, 15) is 20.0 Å². The van der Waals surface area contributed by atoms with Crippen LogP contribution in [-0.4, -0.2) is 34.7 Å². The van der Waals surface area contributed by atoms with Crippen LogP contribution < -0.4 is 10.1 Å². The van der Waals surface area contributed by atoms with Gasteiger partial charge in [-0.05, 0) is 18.9 Å². The molecule has 0 saturated carbocycles. The Morgan fingerprint density at radius 3 is 2.57 bits per heavy atom. The van der Waals surface area contributed by atoms with Gasteiger partial charge in [0.1, 0.15) is 0 Å². The fourth-order valence-electron chi connectivity index (χ4n) is 1.69. The Hall–Kier alpha value is -2.15. The van der Waals surface area contributed by atoms with Crippen molar-refractivity contribution in [3.63, 3.8) is 0 Å². The van der Waals surface area contributed by atoms with Crippen LogP contribution >= 0.6 is 0 Å². The third kappa shape index (κ3) is 5.03. The second kappa shape index (κ2) is 7.58. The highest BCUT2D eigenvalue weighted by atomic mass is 16.6. The number of nitro benzene ring substituents is 1. The molecule has 0 aliphatic rings. The van der Waals surface area contributed by atoms with Gasteiger partial charge in [0, 0.05) is 12.6 Å². The van der Waals surface area contributed by atoms with Crippen LogP contribution in [0.4, 0.5) is 5.69 Å². The third-order valence-electron chi connectivity index (χ3n) is 3.35. The number of aliphatic hydroxyl groups is 1. The highest BCUT2D eigenvalue weighted by molar-refractivity contribution is 5.77. The van der Waals surface area contributed by atoms with Crippen molar-refractivity contribution in [1.82, 2.24) is 5.32 Å². The van der Waals surface area contributed by atoms with Crippen molar-refractivity contribution in [1.29, 1.82) is 0 Å². The van der Waals surface area contributed by atoms with Gasteiger partial charge in [0.15, 0.2) is 12.4 Å². The van der Waals surface area contributed by atoms with E-state index in [4.69, 9.17) is 4.74 Å². The van der Waals surface area contributed by atoms with Crippen molar-refractivity contribution in [2.45, 2.75) is 32.3 Å². The molecule has 0 unspecified atom stereocenters. The summed E-state index contributed by atoms with van der Waals surface area (Å²) in [7, 11) is 0. The number of para-hydroxylation sites is 2. The van der Waals surface area contributed by atoms with Gasteiger partial charge in [-0.3, -0.25) is 14.9 Å². The predicted molar refractivity (Wildman–Crippen MR) is 77.1 cm³/mol. The Kier molecular flexibility index (Phi) is 6.10. The number of nitrogens with one attached hydrogen (secondary N) is 1. The Balaban J connectivity index is 2.53. The summed E-state index contributed by atoms with van der Waals surface area (Å²) < 4.78 is 5.16. The number of ether oxygens (including phenoxy) is 1. The van der Waals surface area contributed by atoms with Crippen molar-refractivity contribution in [3.05, 3.63) is 34.4 Å². The van der Waals surface area contributed by atoms with Crippen molar-refractivity contribution in [2.24, 2.45) is 0 Å². The van der Waals surface area contributed by atoms with E-state index in [1.807, 2.05) is 13.8 Å². The maximum atomic E-state index is 11.7. The minimum absolute atomic E-state index is 0.0406. The predicted octanol–water partition coefficient (Wildman–Crippen LogP) is 1.64. The summed E-state index contributed by atoms with van der Waals surface area (Å²) in [6.07, 6.45) is 1.05. The molecule has 1 aromatic carbocycles. The summed E-state index contributed by atoms with van der Waals surface area (Å²) in [6.45, 7) is 3.45. The van der Waals surface area contributed by atoms with Crippen molar-refractivity contribution >= 4 is 11.6 Å². The maximum absolute atomic E-state index is 11.7. The quantitative estimate of drug-likeness (QED) is 0.561. The standard InChI is InChI=1S/C14H20N2O5/c1-3-14(18,4-2)10-15-13(17)9-21-12-8-6-5-7-11(12)16(19)20/h5-8,18H,3-4,9-10H2,1-2H3,(H,15,17). The summed E-state index contributed by atoms with van der Waals surface area (Å²) in [6, 6.07) is 5.85. The molecule has 116 valence electrons. The number of rotatable bonds is 8. The van der Waals surface area contributed by atoms with Crippen LogP contribution in [0.2, 0.25) is 0 Å². The number of carbonyl (C=O) groups excluding carboxylic acids is 1. The third-order valence-corrected chi connectivity index (χ3v) is 3.35. The van der Waals surface area contributed by atoms with Gasteiger partial charge < -0.3 is 15.2 Å². The molecule has 7 nitrogen and oxygen atoms in total. The van der Waals surface area contributed by atoms with Gasteiger partial charge in [-0.25, -0.2) is 0 Å². The number of hydrogen-bond acceptors (Lipinski definition) is 5. The molecule has 21 heavy (non-hydrogen) atoms. The molecule has 0 heterocycles. The molecule has 0 radical (unpaired) electrons. The average molecular weight is 296 g/mol. The lowest BCUT2D eigenvalue weighted by molar-refractivity contribution is -0.385. The second-order valence-corrected chi connectivity index (χ2v) is 4.72. The van der Waals surface area contributed by atoms with Gasteiger partial charge in [0.05, 0.1) is 10.5 Å². The molecule has 0 fully saturated rings. The fraction of sp³-hybridized carbons (Fsp3) is 0.500. The first-order chi connectivity index (χ1) is 9.91. The molecule has 2 N–H and O–H groups in total. The summed E-state index contributed by atoms with van der Waals surface area (Å²) in [5, 5.41) is 23.4. The average Bonchev–Trinajstić information content (AvgIpc) is 2.50. The van der Waals surface area contributed by atoms with E-state index in [0.29, 0.717) is 12.8 Å². The van der Waals surface area contributed by atoms with Gasteiger partial charge in [-0.2, -0.15) is 0 Å². The largest absolute Gasteiger partial charge is 0.477 e. The van der Waals surface area contributed by atoms with Gasteiger partial charge in [0.25, 0.3) is 5.91 Å². The number of nitrogens with zero attached hydrogens (tertiary/aromatic N) is 1. The normalized spacial score (nSPS) is 11.0. The molecule has 0 spiro atoms. The molecule has 0 bridgehead atoms. The smallest absolute Gasteiger partial charge is 0.310 e. The fourth-order valence-corrected chi connectivity index (χ4v) is 1.69. The van der Waals surface area contributed by atoms with Gasteiger partial charge in [-0.1, -0.05) is 26.0 Å². The molecule has 0 aliphatic carbocycles. The molecule has 7 heteroatoms. The first kappa shape index (κ1) is 16.9. The molecule has 0 saturated heterocycles. The van der Waals surface area contributed by atoms with E-state index < -0.39 is 16.4 Å². The van der Waals surface area contributed by atoms with E-state index in [2.05, 4.69) is 5.32 Å². The van der Waals surface area contributed by atoms with Gasteiger partial charge in [-0.15, -0.1) is 0 Å². The first-order valence-corrected chi connectivity index (χ1v) is 6.77. The lowest BCUT2D eigenvalue weighted by Gasteiger charge is -2.25. The summed E-state index contributed by atoms with van der Waals surface area (Å²) in [4.78, 5) is 21.9. The minimum Gasteiger partial charge on any atom is -0.477 e. The van der Waals surface area contributed by atoms with Crippen molar-refractivity contribution in [2.75, 3.05) is 13.2 Å². The van der Waals surface area contributed by atoms with Crippen LogP contribution in [-0.2, 0) is 4.79 Å². The summed E-state index contributed by atoms with van der Waals surface area (Å²) in [5.74, 6) is -0.396. The lowest BCUT2D eigenvalue weighted by Crippen LogP contribution is -2.43. The van der Waals surface area contributed by atoms with E-state index in [-0.39, 0.29) is 24.6 Å². The first-order valence-electron chi connectivity index (χ1n) is 6.77. The van der Waals surface area contributed by atoms with Crippen LogP contribution in [0.3, 0.4) is 0 Å².